The van der Waals surface area contributed by atoms with Crippen LogP contribution < -0.4 is 10.1 Å². The van der Waals surface area contributed by atoms with Gasteiger partial charge in [-0.2, -0.15) is 0 Å². The number of hydrogen-bond donors (Lipinski definition) is 1. The second-order valence-electron chi connectivity index (χ2n) is 9.42. The average Bonchev–Trinajstić information content (AvgIpc) is 3.34. The Morgan fingerprint density at radius 2 is 2.08 bits per heavy atom. The smallest absolute Gasteiger partial charge is 0.270 e. The normalized spacial score (nSPS) is 15.0. The van der Waals surface area contributed by atoms with Crippen LogP contribution in [0.4, 0.5) is 4.39 Å². The molecule has 1 aromatic heterocycles. The van der Waals surface area contributed by atoms with Gasteiger partial charge in [0.15, 0.2) is 0 Å². The molecule has 2 amide bonds. The number of rotatable bonds is 9. The van der Waals surface area contributed by atoms with E-state index in [1.165, 1.54) is 23.5 Å². The molecule has 8 heteroatoms. The fourth-order valence-corrected chi connectivity index (χ4v) is 5.10. The van der Waals surface area contributed by atoms with Crippen molar-refractivity contribution >= 4 is 23.2 Å². The minimum Gasteiger partial charge on any atom is -0.486 e. The predicted octanol–water partition coefficient (Wildman–Crippen LogP) is 5.52. The van der Waals surface area contributed by atoms with Crippen LogP contribution in [0.3, 0.4) is 0 Å². The van der Waals surface area contributed by atoms with Gasteiger partial charge in [0.1, 0.15) is 28.9 Å². The molecule has 0 fully saturated rings. The number of halogens is 1. The van der Waals surface area contributed by atoms with Crippen molar-refractivity contribution in [1.82, 2.24) is 15.2 Å². The summed E-state index contributed by atoms with van der Waals surface area (Å²) in [5, 5.41) is 5.25. The number of thiazole rings is 1. The van der Waals surface area contributed by atoms with Gasteiger partial charge in [0.25, 0.3) is 5.91 Å². The molecule has 1 aliphatic rings. The molecule has 1 N–H and O–H groups in total. The van der Waals surface area contributed by atoms with E-state index in [1.807, 2.05) is 49.9 Å². The number of nitrogens with zero attached hydrogens (tertiary/aromatic N) is 2. The lowest BCUT2D eigenvalue weighted by Crippen LogP contribution is -2.41. The van der Waals surface area contributed by atoms with Crippen LogP contribution in [0.25, 0.3) is 0 Å². The Morgan fingerprint density at radius 3 is 2.83 bits per heavy atom. The number of hydrogen-bond acceptors (Lipinski definition) is 5. The van der Waals surface area contributed by atoms with E-state index in [2.05, 4.69) is 10.3 Å². The summed E-state index contributed by atoms with van der Waals surface area (Å²) in [7, 11) is 0. The van der Waals surface area contributed by atoms with Crippen LogP contribution in [0.2, 0.25) is 0 Å². The molecule has 0 spiro atoms. The molecular weight excluding hydrogens is 477 g/mol. The van der Waals surface area contributed by atoms with Gasteiger partial charge in [-0.05, 0) is 59.7 Å². The number of aromatic nitrogens is 1. The van der Waals surface area contributed by atoms with Gasteiger partial charge in [-0.25, -0.2) is 9.37 Å². The van der Waals surface area contributed by atoms with Crippen LogP contribution in [-0.2, 0) is 17.8 Å². The number of carbonyl (C=O) groups excluding carboxylic acids is 2. The Hall–Kier alpha value is -3.26. The third-order valence-corrected chi connectivity index (χ3v) is 6.92. The van der Waals surface area contributed by atoms with Crippen molar-refractivity contribution in [3.05, 3.63) is 81.1 Å². The zero-order valence-corrected chi connectivity index (χ0v) is 21.7. The topological polar surface area (TPSA) is 71.5 Å². The molecular formula is C28H32FN3O3S. The molecule has 0 aliphatic carbocycles. The second kappa shape index (κ2) is 11.6. The molecule has 0 saturated carbocycles. The highest BCUT2D eigenvalue weighted by molar-refractivity contribution is 7.09. The fraction of sp³-hybridized carbons (Fsp3) is 0.393. The number of amides is 2. The van der Waals surface area contributed by atoms with E-state index in [4.69, 9.17) is 4.74 Å². The maximum atomic E-state index is 14.2. The minimum atomic E-state index is -0.382. The summed E-state index contributed by atoms with van der Waals surface area (Å²) in [6, 6.07) is 12.0. The van der Waals surface area contributed by atoms with E-state index in [9.17, 15) is 14.0 Å². The second-order valence-corrected chi connectivity index (χ2v) is 10.4. The van der Waals surface area contributed by atoms with Crippen molar-refractivity contribution in [3.8, 4) is 5.75 Å². The molecule has 3 aromatic rings. The molecule has 2 aromatic carbocycles. The van der Waals surface area contributed by atoms with Crippen LogP contribution in [0, 0.1) is 11.7 Å². The Morgan fingerprint density at radius 1 is 1.25 bits per heavy atom. The third kappa shape index (κ3) is 6.10. The van der Waals surface area contributed by atoms with Gasteiger partial charge < -0.3 is 15.0 Å². The molecule has 0 saturated heterocycles. The highest BCUT2D eigenvalue weighted by Crippen LogP contribution is 2.38. The minimum absolute atomic E-state index is 0.0629. The molecule has 1 aliphatic heterocycles. The first kappa shape index (κ1) is 25.8. The first-order valence-electron chi connectivity index (χ1n) is 12.4. The van der Waals surface area contributed by atoms with E-state index in [1.54, 1.807) is 11.4 Å². The molecule has 0 radical (unpaired) electrons. The SMILES string of the molecule is CCCNC(=O)c1csc(COc2ccc3c(c2)C(c2cccc(F)c2)N(C(=O)CC(C)C)CC3)n1. The van der Waals surface area contributed by atoms with Crippen molar-refractivity contribution in [2.75, 3.05) is 13.1 Å². The third-order valence-electron chi connectivity index (χ3n) is 6.10. The Kier molecular flexibility index (Phi) is 8.36. The molecule has 1 unspecified atom stereocenters. The highest BCUT2D eigenvalue weighted by Gasteiger charge is 2.32. The summed E-state index contributed by atoms with van der Waals surface area (Å²) < 4.78 is 20.2. The molecule has 2 heterocycles. The van der Waals surface area contributed by atoms with E-state index in [0.717, 1.165) is 29.5 Å². The van der Waals surface area contributed by atoms with Gasteiger partial charge in [-0.15, -0.1) is 11.3 Å². The lowest BCUT2D eigenvalue weighted by molar-refractivity contribution is -0.134. The molecule has 190 valence electrons. The van der Waals surface area contributed by atoms with Crippen molar-refractivity contribution in [2.45, 2.75) is 52.7 Å². The average molecular weight is 510 g/mol. The van der Waals surface area contributed by atoms with Gasteiger partial charge in [-0.1, -0.05) is 39.0 Å². The zero-order valence-electron chi connectivity index (χ0n) is 20.9. The van der Waals surface area contributed by atoms with Crippen molar-refractivity contribution in [2.24, 2.45) is 5.92 Å². The lowest BCUT2D eigenvalue weighted by atomic mass is 9.87. The summed E-state index contributed by atoms with van der Waals surface area (Å²) in [6.07, 6.45) is 2.03. The van der Waals surface area contributed by atoms with Gasteiger partial charge >= 0.3 is 0 Å². The van der Waals surface area contributed by atoms with Gasteiger partial charge in [0.2, 0.25) is 5.91 Å². The summed E-state index contributed by atoms with van der Waals surface area (Å²) in [4.78, 5) is 31.6. The number of carbonyl (C=O) groups is 2. The first-order chi connectivity index (χ1) is 17.4. The van der Waals surface area contributed by atoms with Crippen LogP contribution in [0.1, 0.15) is 71.8 Å². The van der Waals surface area contributed by atoms with Crippen LogP contribution >= 0.6 is 11.3 Å². The molecule has 6 nitrogen and oxygen atoms in total. The molecule has 1 atom stereocenters. The number of benzene rings is 2. The molecule has 4 rings (SSSR count). The van der Waals surface area contributed by atoms with E-state index in [0.29, 0.717) is 36.0 Å². The van der Waals surface area contributed by atoms with Crippen LogP contribution in [0.15, 0.2) is 47.8 Å². The van der Waals surface area contributed by atoms with Crippen LogP contribution in [-0.4, -0.2) is 34.8 Å². The monoisotopic (exact) mass is 509 g/mol. The van der Waals surface area contributed by atoms with Crippen LogP contribution in [0.5, 0.6) is 5.75 Å². The number of ether oxygens (including phenoxy) is 1. The summed E-state index contributed by atoms with van der Waals surface area (Å²) in [5.41, 5.74) is 3.20. The number of nitrogens with one attached hydrogen (secondary N) is 1. The number of fused-ring (bicyclic) bond motifs is 1. The Labute approximate surface area is 215 Å². The standard InChI is InChI=1S/C28H32FN3O3S/c1-4-11-30-28(34)24-17-36-25(31-24)16-35-22-9-8-19-10-12-32(26(33)13-18(2)3)27(23(19)15-22)20-6-5-7-21(29)14-20/h5-9,14-15,17-18,27H,4,10-13,16H2,1-3H3,(H,30,34). The summed E-state index contributed by atoms with van der Waals surface area (Å²) in [5.74, 6) is 0.422. The van der Waals surface area contributed by atoms with Crippen molar-refractivity contribution in [1.29, 1.82) is 0 Å². The van der Waals surface area contributed by atoms with E-state index < -0.39 is 0 Å². The van der Waals surface area contributed by atoms with Gasteiger partial charge in [0.05, 0.1) is 6.04 Å². The lowest BCUT2D eigenvalue weighted by Gasteiger charge is -2.38. The Bertz CT molecular complexity index is 1230. The van der Waals surface area contributed by atoms with E-state index >= 15 is 0 Å². The summed E-state index contributed by atoms with van der Waals surface area (Å²) in [6.45, 7) is 7.47. The van der Waals surface area contributed by atoms with E-state index in [-0.39, 0.29) is 36.2 Å². The quantitative estimate of drug-likeness (QED) is 0.412. The van der Waals surface area contributed by atoms with Gasteiger partial charge in [0, 0.05) is 24.9 Å². The largest absolute Gasteiger partial charge is 0.486 e. The molecule has 0 bridgehead atoms. The molecule has 36 heavy (non-hydrogen) atoms. The maximum Gasteiger partial charge on any atom is 0.270 e. The maximum absolute atomic E-state index is 14.2. The first-order valence-corrected chi connectivity index (χ1v) is 13.3. The van der Waals surface area contributed by atoms with Crippen molar-refractivity contribution < 1.29 is 18.7 Å². The predicted molar refractivity (Wildman–Crippen MR) is 139 cm³/mol. The zero-order chi connectivity index (χ0) is 25.7. The fourth-order valence-electron chi connectivity index (χ4n) is 4.41. The summed E-state index contributed by atoms with van der Waals surface area (Å²) >= 11 is 1.38. The Balaban J connectivity index is 1.57. The highest BCUT2D eigenvalue weighted by atomic mass is 32.1. The van der Waals surface area contributed by atoms with Crippen molar-refractivity contribution in [3.63, 3.8) is 0 Å². The van der Waals surface area contributed by atoms with Gasteiger partial charge in [-0.3, -0.25) is 9.59 Å².